The van der Waals surface area contributed by atoms with Crippen molar-refractivity contribution in [1.82, 2.24) is 9.62 Å². The van der Waals surface area contributed by atoms with Crippen LogP contribution in [0, 0.1) is 11.8 Å². The summed E-state index contributed by atoms with van der Waals surface area (Å²) in [7, 11) is -1.34. The van der Waals surface area contributed by atoms with Gasteiger partial charge in [0.2, 0.25) is 10.0 Å². The van der Waals surface area contributed by atoms with Crippen molar-refractivity contribution in [3.8, 4) is 0 Å². The molecule has 0 radical (unpaired) electrons. The molecule has 0 bridgehead atoms. The second-order valence-electron chi connectivity index (χ2n) is 6.10. The van der Waals surface area contributed by atoms with Crippen LogP contribution in [0.2, 0.25) is 0 Å². The lowest BCUT2D eigenvalue weighted by molar-refractivity contribution is 0.121. The molecule has 0 aromatic heterocycles. The highest BCUT2D eigenvalue weighted by Crippen LogP contribution is 2.22. The molecule has 5 nitrogen and oxygen atoms in total. The molecule has 0 amide bonds. The summed E-state index contributed by atoms with van der Waals surface area (Å²) in [5.41, 5.74) is 0. The van der Waals surface area contributed by atoms with Crippen LogP contribution in [0.3, 0.4) is 0 Å². The van der Waals surface area contributed by atoms with Gasteiger partial charge in [-0.25, -0.2) is 12.7 Å². The monoisotopic (exact) mass is 304 g/mol. The van der Waals surface area contributed by atoms with E-state index < -0.39 is 10.0 Å². The summed E-state index contributed by atoms with van der Waals surface area (Å²) >= 11 is 0. The zero-order valence-corrected chi connectivity index (χ0v) is 13.3. The lowest BCUT2D eigenvalue weighted by Crippen LogP contribution is -2.41. The van der Waals surface area contributed by atoms with E-state index in [9.17, 15) is 8.42 Å². The van der Waals surface area contributed by atoms with E-state index in [2.05, 4.69) is 5.32 Å². The zero-order chi connectivity index (χ0) is 14.4. The number of hydrogen-bond acceptors (Lipinski definition) is 4. The second kappa shape index (κ2) is 7.73. The highest BCUT2D eigenvalue weighted by molar-refractivity contribution is 7.89. The molecule has 2 aliphatic heterocycles. The number of sulfonamides is 1. The summed E-state index contributed by atoms with van der Waals surface area (Å²) < 4.78 is 31.6. The Morgan fingerprint density at radius 1 is 1.10 bits per heavy atom. The first-order valence-electron chi connectivity index (χ1n) is 7.79. The molecule has 0 aromatic rings. The first kappa shape index (κ1) is 16.2. The minimum Gasteiger partial charge on any atom is -0.384 e. The highest BCUT2D eigenvalue weighted by atomic mass is 32.2. The Morgan fingerprint density at radius 3 is 2.35 bits per heavy atom. The van der Waals surface area contributed by atoms with E-state index >= 15 is 0 Å². The Bertz CT molecular complexity index is 372. The Kier molecular flexibility index (Phi) is 6.26. The molecular formula is C14H28N2O3S. The van der Waals surface area contributed by atoms with E-state index in [-0.39, 0.29) is 0 Å². The molecule has 6 heteroatoms. The van der Waals surface area contributed by atoms with Gasteiger partial charge in [0.25, 0.3) is 0 Å². The van der Waals surface area contributed by atoms with Crippen molar-refractivity contribution in [2.75, 3.05) is 45.6 Å². The molecule has 2 fully saturated rings. The quantitative estimate of drug-likeness (QED) is 0.797. The van der Waals surface area contributed by atoms with Crippen molar-refractivity contribution in [1.29, 1.82) is 0 Å². The van der Waals surface area contributed by atoms with E-state index in [4.69, 9.17) is 4.74 Å². The van der Waals surface area contributed by atoms with Crippen molar-refractivity contribution in [2.24, 2.45) is 11.8 Å². The van der Waals surface area contributed by atoms with E-state index in [0.717, 1.165) is 51.8 Å². The van der Waals surface area contributed by atoms with Crippen molar-refractivity contribution in [3.05, 3.63) is 0 Å². The zero-order valence-electron chi connectivity index (χ0n) is 12.5. The number of hydrogen-bond donors (Lipinski definition) is 1. The maximum absolute atomic E-state index is 12.4. The predicted octanol–water partition coefficient (Wildman–Crippen LogP) is 1.06. The van der Waals surface area contributed by atoms with Gasteiger partial charge in [0.15, 0.2) is 0 Å². The van der Waals surface area contributed by atoms with Crippen LogP contribution in [0.5, 0.6) is 0 Å². The molecular weight excluding hydrogens is 276 g/mol. The first-order chi connectivity index (χ1) is 9.62. The van der Waals surface area contributed by atoms with Crippen molar-refractivity contribution < 1.29 is 13.2 Å². The third-order valence-electron chi connectivity index (χ3n) is 4.61. The summed E-state index contributed by atoms with van der Waals surface area (Å²) in [6, 6.07) is 0. The molecule has 0 spiro atoms. The molecule has 2 saturated heterocycles. The molecule has 1 N–H and O–H groups in total. The molecule has 0 unspecified atom stereocenters. The summed E-state index contributed by atoms with van der Waals surface area (Å²) in [6.07, 6.45) is 4.92. The van der Waals surface area contributed by atoms with Gasteiger partial charge >= 0.3 is 0 Å². The minimum absolute atomic E-state index is 0.326. The molecule has 0 saturated carbocycles. The Labute approximate surface area is 123 Å². The molecule has 2 rings (SSSR count). The van der Waals surface area contributed by atoms with Crippen LogP contribution in [-0.4, -0.2) is 58.4 Å². The summed E-state index contributed by atoms with van der Waals surface area (Å²) in [5.74, 6) is 1.43. The van der Waals surface area contributed by atoms with Crippen molar-refractivity contribution in [3.63, 3.8) is 0 Å². The first-order valence-corrected chi connectivity index (χ1v) is 9.40. The van der Waals surface area contributed by atoms with Gasteiger partial charge < -0.3 is 10.1 Å². The summed E-state index contributed by atoms with van der Waals surface area (Å²) in [4.78, 5) is 0. The number of nitrogens with zero attached hydrogens (tertiary/aromatic N) is 1. The Balaban J connectivity index is 1.75. The standard InChI is InChI=1S/C14H28N2O3S/c1-19-12-14-4-9-16(10-5-14)20(17,18)11-6-13-2-7-15-8-3-13/h13-15H,2-12H2,1H3. The van der Waals surface area contributed by atoms with Gasteiger partial charge in [0, 0.05) is 26.8 Å². The van der Waals surface area contributed by atoms with Crippen molar-refractivity contribution >= 4 is 10.0 Å². The Morgan fingerprint density at radius 2 is 1.75 bits per heavy atom. The molecule has 118 valence electrons. The fraction of sp³-hybridized carbons (Fsp3) is 1.00. The average Bonchev–Trinajstić information content (AvgIpc) is 2.47. The fourth-order valence-electron chi connectivity index (χ4n) is 3.20. The van der Waals surface area contributed by atoms with Crippen LogP contribution in [0.4, 0.5) is 0 Å². The summed E-state index contributed by atoms with van der Waals surface area (Å²) in [5, 5.41) is 3.32. The maximum Gasteiger partial charge on any atom is 0.214 e. The molecule has 0 aromatic carbocycles. The second-order valence-corrected chi connectivity index (χ2v) is 8.18. The number of nitrogens with one attached hydrogen (secondary N) is 1. The maximum atomic E-state index is 12.4. The van der Waals surface area contributed by atoms with Gasteiger partial charge in [0.05, 0.1) is 5.75 Å². The van der Waals surface area contributed by atoms with Crippen LogP contribution in [0.15, 0.2) is 0 Å². The largest absolute Gasteiger partial charge is 0.384 e. The molecule has 0 aliphatic carbocycles. The lowest BCUT2D eigenvalue weighted by Gasteiger charge is -2.31. The fourth-order valence-corrected chi connectivity index (χ4v) is 4.86. The lowest BCUT2D eigenvalue weighted by atomic mass is 9.96. The smallest absolute Gasteiger partial charge is 0.214 e. The number of piperidine rings is 2. The van der Waals surface area contributed by atoms with E-state index in [0.29, 0.717) is 30.7 Å². The van der Waals surface area contributed by atoms with Crippen LogP contribution >= 0.6 is 0 Å². The minimum atomic E-state index is -3.05. The van der Waals surface area contributed by atoms with E-state index in [1.165, 1.54) is 0 Å². The predicted molar refractivity (Wildman–Crippen MR) is 80.2 cm³/mol. The number of ether oxygens (including phenoxy) is 1. The van der Waals surface area contributed by atoms with Crippen molar-refractivity contribution in [2.45, 2.75) is 32.1 Å². The summed E-state index contributed by atoms with van der Waals surface area (Å²) in [6.45, 7) is 4.16. The van der Waals surface area contributed by atoms with Crippen LogP contribution in [0.1, 0.15) is 32.1 Å². The molecule has 0 atom stereocenters. The van der Waals surface area contributed by atoms with Gasteiger partial charge in [-0.3, -0.25) is 0 Å². The third-order valence-corrected chi connectivity index (χ3v) is 6.52. The Hall–Kier alpha value is -0.170. The van der Waals surface area contributed by atoms with Gasteiger partial charge in [-0.05, 0) is 57.0 Å². The van der Waals surface area contributed by atoms with E-state index in [1.54, 1.807) is 11.4 Å². The number of rotatable bonds is 6. The van der Waals surface area contributed by atoms with Gasteiger partial charge in [-0.15, -0.1) is 0 Å². The van der Waals surface area contributed by atoms with Crippen LogP contribution in [0.25, 0.3) is 0 Å². The normalized spacial score (nSPS) is 24.1. The third kappa shape index (κ3) is 4.69. The van der Waals surface area contributed by atoms with Crippen LogP contribution in [-0.2, 0) is 14.8 Å². The van der Waals surface area contributed by atoms with E-state index in [1.807, 2.05) is 0 Å². The topological polar surface area (TPSA) is 58.6 Å². The van der Waals surface area contributed by atoms with Gasteiger partial charge in [-0.2, -0.15) is 0 Å². The average molecular weight is 304 g/mol. The number of methoxy groups -OCH3 is 1. The van der Waals surface area contributed by atoms with Gasteiger partial charge in [-0.1, -0.05) is 0 Å². The van der Waals surface area contributed by atoms with Gasteiger partial charge in [0.1, 0.15) is 0 Å². The van der Waals surface area contributed by atoms with Crippen LogP contribution < -0.4 is 5.32 Å². The SMILES string of the molecule is COCC1CCN(S(=O)(=O)CCC2CCNCC2)CC1. The highest BCUT2D eigenvalue weighted by Gasteiger charge is 2.28. The molecule has 20 heavy (non-hydrogen) atoms. The molecule has 2 aliphatic rings. The molecule has 2 heterocycles.